The molecule has 0 amide bonds. The van der Waals surface area contributed by atoms with Crippen molar-refractivity contribution in [2.75, 3.05) is 19.2 Å². The van der Waals surface area contributed by atoms with Gasteiger partial charge in [0.2, 0.25) is 5.95 Å². The fourth-order valence-corrected chi connectivity index (χ4v) is 2.18. The minimum atomic E-state index is -0.605. The average Bonchev–Trinajstić information content (AvgIpc) is 2.59. The van der Waals surface area contributed by atoms with Crippen molar-refractivity contribution in [2.24, 2.45) is 5.29 Å². The Bertz CT molecular complexity index is 763. The Labute approximate surface area is 138 Å². The molecule has 0 saturated carbocycles. The van der Waals surface area contributed by atoms with Gasteiger partial charge < -0.3 is 4.74 Å². The molecule has 1 aromatic heterocycles. The maximum atomic E-state index is 13.2. The van der Waals surface area contributed by atoms with Crippen LogP contribution < -0.4 is 5.01 Å². The molecule has 0 N–H and O–H groups in total. The van der Waals surface area contributed by atoms with E-state index in [0.29, 0.717) is 11.3 Å². The van der Waals surface area contributed by atoms with Gasteiger partial charge in [-0.05, 0) is 30.2 Å². The lowest BCUT2D eigenvalue weighted by Gasteiger charge is -2.17. The maximum Gasteiger partial charge on any atom is 0.341 e. The van der Waals surface area contributed by atoms with E-state index in [0.717, 1.165) is 5.01 Å². The van der Waals surface area contributed by atoms with Crippen molar-refractivity contribution in [2.45, 2.75) is 19.8 Å². The summed E-state index contributed by atoms with van der Waals surface area (Å²) in [7, 11) is 2.66. The minimum absolute atomic E-state index is 0.0423. The zero-order valence-electron chi connectivity index (χ0n) is 13.8. The lowest BCUT2D eigenvalue weighted by atomic mass is 9.98. The molecule has 0 radical (unpaired) electrons. The zero-order valence-corrected chi connectivity index (χ0v) is 13.8. The molecule has 0 spiro atoms. The number of aromatic nitrogens is 2. The first kappa shape index (κ1) is 17.5. The molecule has 126 valence electrons. The molecule has 0 unspecified atom stereocenters. The third-order valence-electron chi connectivity index (χ3n) is 3.39. The number of hydrogen-bond acceptors (Lipinski definition) is 6. The molecular weight excluding hydrogens is 315 g/mol. The van der Waals surface area contributed by atoms with Crippen molar-refractivity contribution in [3.63, 3.8) is 0 Å². The van der Waals surface area contributed by atoms with E-state index in [1.807, 2.05) is 13.8 Å². The first-order chi connectivity index (χ1) is 11.4. The first-order valence-electron chi connectivity index (χ1n) is 7.22. The van der Waals surface area contributed by atoms with E-state index in [1.54, 1.807) is 0 Å². The second-order valence-electron chi connectivity index (χ2n) is 5.39. The van der Waals surface area contributed by atoms with E-state index in [4.69, 9.17) is 4.74 Å². The second-order valence-corrected chi connectivity index (χ2v) is 5.39. The highest BCUT2D eigenvalue weighted by molar-refractivity contribution is 5.97. The fraction of sp³-hybridized carbons (Fsp3) is 0.312. The van der Waals surface area contributed by atoms with Gasteiger partial charge in [-0.2, -0.15) is 5.01 Å². The molecule has 0 aliphatic rings. The van der Waals surface area contributed by atoms with Crippen molar-refractivity contribution >= 4 is 11.9 Å². The number of nitrogens with zero attached hydrogens (tertiary/aromatic N) is 4. The third kappa shape index (κ3) is 3.37. The van der Waals surface area contributed by atoms with Crippen LogP contribution in [0.3, 0.4) is 0 Å². The van der Waals surface area contributed by atoms with Crippen LogP contribution in [0.5, 0.6) is 0 Å². The summed E-state index contributed by atoms with van der Waals surface area (Å²) in [4.78, 5) is 31.6. The van der Waals surface area contributed by atoms with Crippen molar-refractivity contribution < 1.29 is 13.9 Å². The van der Waals surface area contributed by atoms with E-state index in [9.17, 15) is 14.1 Å². The molecule has 0 saturated heterocycles. The molecule has 2 aromatic rings. The Morgan fingerprint density at radius 3 is 2.38 bits per heavy atom. The van der Waals surface area contributed by atoms with E-state index in [2.05, 4.69) is 15.3 Å². The monoisotopic (exact) mass is 332 g/mol. The summed E-state index contributed by atoms with van der Waals surface area (Å²) in [6.45, 7) is 3.70. The summed E-state index contributed by atoms with van der Waals surface area (Å²) in [5.74, 6) is -1.12. The number of ether oxygens (including phenoxy) is 1. The van der Waals surface area contributed by atoms with Gasteiger partial charge in [0, 0.05) is 12.6 Å². The maximum absolute atomic E-state index is 13.2. The van der Waals surface area contributed by atoms with Gasteiger partial charge in [-0.3, -0.25) is 0 Å². The van der Waals surface area contributed by atoms with Gasteiger partial charge in [0.25, 0.3) is 0 Å². The number of carbonyl (C=O) groups is 1. The lowest BCUT2D eigenvalue weighted by Crippen LogP contribution is -2.18. The second kappa shape index (κ2) is 7.12. The number of benzene rings is 1. The van der Waals surface area contributed by atoms with Gasteiger partial charge in [-0.15, -0.1) is 4.91 Å². The number of halogens is 1. The van der Waals surface area contributed by atoms with E-state index in [-0.39, 0.29) is 23.1 Å². The highest BCUT2D eigenvalue weighted by Crippen LogP contribution is 2.30. The standard InChI is InChI=1S/C16H17FN4O3/c1-9(2)13-12(15(22)24-4)14(10-5-7-11(17)8-6-10)19-16(18-13)21(3)20-23/h5-9H,1-4H3. The molecular formula is C16H17FN4O3. The van der Waals surface area contributed by atoms with Crippen molar-refractivity contribution in [1.82, 2.24) is 9.97 Å². The summed E-state index contributed by atoms with van der Waals surface area (Å²) in [6.07, 6.45) is 0. The van der Waals surface area contributed by atoms with E-state index < -0.39 is 11.8 Å². The van der Waals surface area contributed by atoms with Crippen LogP contribution in [0.25, 0.3) is 11.3 Å². The number of methoxy groups -OCH3 is 1. The van der Waals surface area contributed by atoms with Crippen molar-refractivity contribution in [1.29, 1.82) is 0 Å². The lowest BCUT2D eigenvalue weighted by molar-refractivity contribution is 0.0599. The van der Waals surface area contributed by atoms with Gasteiger partial charge in [0.1, 0.15) is 11.4 Å². The zero-order chi connectivity index (χ0) is 17.9. The summed E-state index contributed by atoms with van der Waals surface area (Å²) in [5, 5.41) is 3.74. The van der Waals surface area contributed by atoms with Gasteiger partial charge in [0.05, 0.1) is 23.8 Å². The van der Waals surface area contributed by atoms with Crippen molar-refractivity contribution in [3.05, 3.63) is 46.2 Å². The smallest absolute Gasteiger partial charge is 0.341 e. The molecule has 0 aliphatic carbocycles. The average molecular weight is 332 g/mol. The van der Waals surface area contributed by atoms with Crippen LogP contribution in [0.1, 0.15) is 35.8 Å². The van der Waals surface area contributed by atoms with Crippen molar-refractivity contribution in [3.8, 4) is 11.3 Å². The number of anilines is 1. The topological polar surface area (TPSA) is 84.8 Å². The Balaban J connectivity index is 2.81. The first-order valence-corrected chi connectivity index (χ1v) is 7.22. The fourth-order valence-electron chi connectivity index (χ4n) is 2.18. The number of hydrogen-bond donors (Lipinski definition) is 0. The number of esters is 1. The number of rotatable bonds is 5. The van der Waals surface area contributed by atoms with E-state index in [1.165, 1.54) is 38.4 Å². The van der Waals surface area contributed by atoms with Gasteiger partial charge >= 0.3 is 5.97 Å². The highest BCUT2D eigenvalue weighted by atomic mass is 19.1. The third-order valence-corrected chi connectivity index (χ3v) is 3.39. The molecule has 0 aliphatic heterocycles. The van der Waals surface area contributed by atoms with Gasteiger partial charge in [-0.25, -0.2) is 19.2 Å². The quantitative estimate of drug-likeness (QED) is 0.474. The van der Waals surface area contributed by atoms with Crippen LogP contribution in [0.2, 0.25) is 0 Å². The molecule has 1 heterocycles. The SMILES string of the molecule is COC(=O)c1c(-c2ccc(F)cc2)nc(N(C)N=O)nc1C(C)C. The Morgan fingerprint density at radius 1 is 1.25 bits per heavy atom. The Hall–Kier alpha value is -2.90. The van der Waals surface area contributed by atoms with Gasteiger partial charge in [0.15, 0.2) is 0 Å². The predicted molar refractivity (Wildman–Crippen MR) is 87.1 cm³/mol. The highest BCUT2D eigenvalue weighted by Gasteiger charge is 2.25. The molecule has 0 bridgehead atoms. The van der Waals surface area contributed by atoms with Crippen LogP contribution in [0.15, 0.2) is 29.6 Å². The van der Waals surface area contributed by atoms with E-state index >= 15 is 0 Å². The largest absolute Gasteiger partial charge is 0.465 e. The molecule has 7 nitrogen and oxygen atoms in total. The summed E-state index contributed by atoms with van der Waals surface area (Å²) in [5.41, 5.74) is 1.36. The normalized spacial score (nSPS) is 10.6. The molecule has 8 heteroatoms. The minimum Gasteiger partial charge on any atom is -0.465 e. The number of nitroso groups, excluding NO2 is 1. The molecule has 0 fully saturated rings. The van der Waals surface area contributed by atoms with Crippen LogP contribution >= 0.6 is 0 Å². The van der Waals surface area contributed by atoms with Crippen LogP contribution in [-0.2, 0) is 4.74 Å². The summed E-state index contributed by atoms with van der Waals surface area (Å²) < 4.78 is 18.1. The molecule has 24 heavy (non-hydrogen) atoms. The number of carbonyl (C=O) groups excluding carboxylic acids is 1. The molecule has 2 rings (SSSR count). The predicted octanol–water partition coefficient (Wildman–Crippen LogP) is 3.31. The van der Waals surface area contributed by atoms with Gasteiger partial charge in [-0.1, -0.05) is 13.8 Å². The van der Waals surface area contributed by atoms with Crippen LogP contribution in [-0.4, -0.2) is 30.1 Å². The Morgan fingerprint density at radius 2 is 1.88 bits per heavy atom. The Kier molecular flexibility index (Phi) is 5.18. The summed E-state index contributed by atoms with van der Waals surface area (Å²) in [6, 6.07) is 5.50. The van der Waals surface area contributed by atoms with Crippen LogP contribution in [0.4, 0.5) is 10.3 Å². The van der Waals surface area contributed by atoms with Crippen LogP contribution in [0, 0.1) is 10.7 Å². The summed E-state index contributed by atoms with van der Waals surface area (Å²) >= 11 is 0. The molecule has 0 atom stereocenters. The molecule has 1 aromatic carbocycles.